The molecule has 17 nitrogen and oxygen atoms in total. The molecule has 0 aromatic carbocycles. The fourth-order valence-electron chi connectivity index (χ4n) is 7.44. The molecule has 304 valence electrons. The number of carbonyl (C=O) groups excluding carboxylic acids is 2. The van der Waals surface area contributed by atoms with Gasteiger partial charge in [0.25, 0.3) is 0 Å². The Hall–Kier alpha value is -1.90. The van der Waals surface area contributed by atoms with Crippen molar-refractivity contribution in [1.82, 2.24) is 15.5 Å². The van der Waals surface area contributed by atoms with Gasteiger partial charge in [-0.2, -0.15) is 0 Å². The number of aliphatic hydroxyl groups is 7. The van der Waals surface area contributed by atoms with Gasteiger partial charge in [-0.25, -0.2) is 9.59 Å². The van der Waals surface area contributed by atoms with Crippen molar-refractivity contribution in [2.75, 3.05) is 33.3 Å². The van der Waals surface area contributed by atoms with Crippen LogP contribution in [-0.4, -0.2) is 170 Å². The molecule has 2 amide bonds. The minimum Gasteiger partial charge on any atom is -0.444 e. The summed E-state index contributed by atoms with van der Waals surface area (Å²) < 4.78 is 28.8. The molecular formula is C35H65N3O14. The number of nitrogens with zero attached hydrogens (tertiary/aromatic N) is 1. The summed E-state index contributed by atoms with van der Waals surface area (Å²) >= 11 is 0. The van der Waals surface area contributed by atoms with Gasteiger partial charge in [0.1, 0.15) is 41.2 Å². The standard InChI is InChI=1S/C35H65N3O14/c1-17-13-18(2)27(50-30-26(44)29(35(9,47)16-48-30)38(10)32(46)52-34(6,7)8)23(41)21(17)28-25(43)24(42)22(40)20(49-28)15-36-14-19(39)11-12-37-31(45)51-33(3,4)5/h17-30,36,39-44,47H,11-16H2,1-10H3,(H,37,45). The Bertz CT molecular complexity index is 1160. The van der Waals surface area contributed by atoms with E-state index >= 15 is 0 Å². The Balaban J connectivity index is 1.67. The molecule has 15 unspecified atom stereocenters. The predicted molar refractivity (Wildman–Crippen MR) is 186 cm³/mol. The minimum absolute atomic E-state index is 0.0138. The number of aliphatic hydroxyl groups excluding tert-OH is 6. The molecule has 0 aromatic rings. The number of carbonyl (C=O) groups is 2. The van der Waals surface area contributed by atoms with Crippen molar-refractivity contribution in [2.24, 2.45) is 17.8 Å². The lowest BCUT2D eigenvalue weighted by Gasteiger charge is -2.52. The first-order valence-electron chi connectivity index (χ1n) is 18.2. The van der Waals surface area contributed by atoms with Gasteiger partial charge in [-0.15, -0.1) is 0 Å². The highest BCUT2D eigenvalue weighted by Crippen LogP contribution is 2.43. The lowest BCUT2D eigenvalue weighted by molar-refractivity contribution is -0.315. The van der Waals surface area contributed by atoms with E-state index in [1.165, 1.54) is 14.0 Å². The van der Waals surface area contributed by atoms with Crippen LogP contribution in [0.1, 0.15) is 75.2 Å². The molecule has 3 fully saturated rings. The molecule has 0 spiro atoms. The van der Waals surface area contributed by atoms with E-state index in [9.17, 15) is 45.3 Å². The van der Waals surface area contributed by atoms with Gasteiger partial charge in [0.2, 0.25) is 0 Å². The Morgan fingerprint density at radius 3 is 2.13 bits per heavy atom. The van der Waals surface area contributed by atoms with Crippen molar-refractivity contribution in [3.63, 3.8) is 0 Å². The van der Waals surface area contributed by atoms with Gasteiger partial charge in [0.05, 0.1) is 43.2 Å². The van der Waals surface area contributed by atoms with Crippen molar-refractivity contribution < 1.29 is 69.0 Å². The molecule has 52 heavy (non-hydrogen) atoms. The zero-order valence-corrected chi connectivity index (χ0v) is 32.3. The van der Waals surface area contributed by atoms with Crippen LogP contribution in [0.15, 0.2) is 0 Å². The maximum atomic E-state index is 12.9. The first kappa shape index (κ1) is 44.5. The van der Waals surface area contributed by atoms with Crippen LogP contribution >= 0.6 is 0 Å². The van der Waals surface area contributed by atoms with Crippen LogP contribution < -0.4 is 10.6 Å². The number of hydrogen-bond donors (Lipinski definition) is 9. The van der Waals surface area contributed by atoms with Crippen molar-refractivity contribution in [3.8, 4) is 0 Å². The van der Waals surface area contributed by atoms with E-state index in [1.54, 1.807) is 41.5 Å². The summed E-state index contributed by atoms with van der Waals surface area (Å²) in [5, 5.41) is 83.1. The zero-order chi connectivity index (χ0) is 39.5. The Morgan fingerprint density at radius 1 is 0.923 bits per heavy atom. The lowest BCUT2D eigenvalue weighted by Crippen LogP contribution is -2.68. The SMILES string of the molecule is CC1CC(C)C(C2OC(CNCC(O)CCNC(=O)OC(C)(C)C)C(O)C(O)C2O)C(O)C1OC1OCC(C)(O)C(N(C)C(=O)OC(C)(C)C)C1O. The third-order valence-corrected chi connectivity index (χ3v) is 9.86. The lowest BCUT2D eigenvalue weighted by atomic mass is 9.67. The number of rotatable bonds is 11. The smallest absolute Gasteiger partial charge is 0.410 e. The summed E-state index contributed by atoms with van der Waals surface area (Å²) in [5.41, 5.74) is -3.16. The van der Waals surface area contributed by atoms with Crippen LogP contribution in [0.5, 0.6) is 0 Å². The first-order chi connectivity index (χ1) is 23.8. The molecule has 0 radical (unpaired) electrons. The van der Waals surface area contributed by atoms with Gasteiger partial charge >= 0.3 is 12.2 Å². The van der Waals surface area contributed by atoms with Gasteiger partial charge in [-0.1, -0.05) is 13.8 Å². The van der Waals surface area contributed by atoms with Gasteiger partial charge in [0.15, 0.2) is 6.29 Å². The van der Waals surface area contributed by atoms with Crippen LogP contribution in [0.4, 0.5) is 9.59 Å². The van der Waals surface area contributed by atoms with Crippen molar-refractivity contribution in [2.45, 2.75) is 159 Å². The normalized spacial score (nSPS) is 39.4. The van der Waals surface area contributed by atoms with Crippen molar-refractivity contribution in [3.05, 3.63) is 0 Å². The third-order valence-electron chi connectivity index (χ3n) is 9.86. The second kappa shape index (κ2) is 17.7. The zero-order valence-electron chi connectivity index (χ0n) is 32.3. The molecule has 3 aliphatic rings. The summed E-state index contributed by atoms with van der Waals surface area (Å²) in [6.45, 7) is 15.4. The second-order valence-electron chi connectivity index (χ2n) is 17.1. The maximum absolute atomic E-state index is 12.9. The summed E-state index contributed by atoms with van der Waals surface area (Å²) in [7, 11) is 1.39. The molecule has 3 rings (SSSR count). The third kappa shape index (κ3) is 11.6. The molecule has 2 saturated heterocycles. The van der Waals surface area contributed by atoms with Crippen LogP contribution in [0, 0.1) is 17.8 Å². The summed E-state index contributed by atoms with van der Waals surface area (Å²) in [6, 6.07) is -1.19. The molecule has 0 bridgehead atoms. The number of amides is 2. The van der Waals surface area contributed by atoms with Gasteiger partial charge < -0.3 is 75.0 Å². The summed E-state index contributed by atoms with van der Waals surface area (Å²) in [4.78, 5) is 25.9. The number of nitrogens with one attached hydrogen (secondary N) is 2. The molecule has 2 heterocycles. The van der Waals surface area contributed by atoms with E-state index in [0.717, 1.165) is 4.90 Å². The minimum atomic E-state index is -1.67. The highest BCUT2D eigenvalue weighted by molar-refractivity contribution is 5.68. The Labute approximate surface area is 306 Å². The van der Waals surface area contributed by atoms with Crippen molar-refractivity contribution >= 4 is 12.2 Å². The van der Waals surface area contributed by atoms with Crippen LogP contribution in [0.2, 0.25) is 0 Å². The average Bonchev–Trinajstić information content (AvgIpc) is 2.98. The summed E-state index contributed by atoms with van der Waals surface area (Å²) in [5.74, 6) is -1.32. The van der Waals surface area contributed by atoms with E-state index in [0.29, 0.717) is 6.42 Å². The Kier molecular flexibility index (Phi) is 15.2. The molecule has 1 aliphatic carbocycles. The maximum Gasteiger partial charge on any atom is 0.410 e. The van der Waals surface area contributed by atoms with E-state index in [1.807, 2.05) is 13.8 Å². The van der Waals surface area contributed by atoms with E-state index in [-0.39, 0.29) is 44.5 Å². The largest absolute Gasteiger partial charge is 0.444 e. The molecule has 2 aliphatic heterocycles. The average molecular weight is 752 g/mol. The molecule has 0 aromatic heterocycles. The van der Waals surface area contributed by atoms with Gasteiger partial charge in [-0.3, -0.25) is 0 Å². The van der Waals surface area contributed by atoms with Crippen LogP contribution in [0.25, 0.3) is 0 Å². The van der Waals surface area contributed by atoms with E-state index in [2.05, 4.69) is 10.6 Å². The topological polar surface area (TPSA) is 249 Å². The molecule has 15 atom stereocenters. The first-order valence-corrected chi connectivity index (χ1v) is 18.2. The molecular weight excluding hydrogens is 686 g/mol. The number of ether oxygens (including phenoxy) is 5. The number of hydrogen-bond acceptors (Lipinski definition) is 15. The van der Waals surface area contributed by atoms with E-state index in [4.69, 9.17) is 23.7 Å². The van der Waals surface area contributed by atoms with Crippen molar-refractivity contribution in [1.29, 1.82) is 0 Å². The fourth-order valence-corrected chi connectivity index (χ4v) is 7.44. The Morgan fingerprint density at radius 2 is 1.54 bits per heavy atom. The predicted octanol–water partition coefficient (Wildman–Crippen LogP) is -0.556. The monoisotopic (exact) mass is 751 g/mol. The van der Waals surface area contributed by atoms with Gasteiger partial charge in [0, 0.05) is 32.6 Å². The number of likely N-dealkylation sites (N-methyl/N-ethyl adjacent to an activating group) is 1. The highest BCUT2D eigenvalue weighted by Gasteiger charge is 2.56. The van der Waals surface area contributed by atoms with Crippen LogP contribution in [-0.2, 0) is 23.7 Å². The number of alkyl carbamates (subject to hydrolysis) is 1. The summed E-state index contributed by atoms with van der Waals surface area (Å²) in [6.07, 6.45) is -13.5. The quantitative estimate of drug-likeness (QED) is 0.128. The molecule has 1 saturated carbocycles. The molecule has 9 N–H and O–H groups in total. The second-order valence-corrected chi connectivity index (χ2v) is 17.1. The van der Waals surface area contributed by atoms with Gasteiger partial charge in [-0.05, 0) is 73.1 Å². The molecule has 17 heteroatoms. The van der Waals surface area contributed by atoms with E-state index < -0.39 is 102 Å². The highest BCUT2D eigenvalue weighted by atomic mass is 16.7. The van der Waals surface area contributed by atoms with Crippen LogP contribution in [0.3, 0.4) is 0 Å². The fraction of sp³-hybridized carbons (Fsp3) is 0.943.